The second-order valence-electron chi connectivity index (χ2n) is 6.21. The number of nitrogens with zero attached hydrogens (tertiary/aromatic N) is 2. The van der Waals surface area contributed by atoms with Crippen molar-refractivity contribution in [1.82, 2.24) is 9.97 Å². The second-order valence-corrected chi connectivity index (χ2v) is 7.62. The predicted octanol–water partition coefficient (Wildman–Crippen LogP) is 2.69. The average molecular weight is 347 g/mol. The van der Waals surface area contributed by atoms with Crippen molar-refractivity contribution in [3.05, 3.63) is 30.0 Å². The van der Waals surface area contributed by atoms with Gasteiger partial charge in [-0.05, 0) is 18.2 Å². The van der Waals surface area contributed by atoms with E-state index in [-0.39, 0.29) is 11.5 Å². The molecule has 2 atom stereocenters. The highest BCUT2D eigenvalue weighted by molar-refractivity contribution is 7.91. The first-order valence-electron chi connectivity index (χ1n) is 7.65. The number of imidazole rings is 1. The summed E-state index contributed by atoms with van der Waals surface area (Å²) >= 11 is -1.29. The highest BCUT2D eigenvalue weighted by Crippen LogP contribution is 2.36. The van der Waals surface area contributed by atoms with Crippen molar-refractivity contribution in [3.8, 4) is 5.75 Å². The molecular weight excluding hydrogens is 326 g/mol. The monoisotopic (exact) mass is 347 g/mol. The topological polar surface area (TPSA) is 82.6 Å². The molecule has 1 aromatic heterocycles. The minimum Gasteiger partial charge on any atom is -0.609 e. The molecule has 0 bridgehead atoms. The Labute approximate surface area is 144 Å². The summed E-state index contributed by atoms with van der Waals surface area (Å²) in [6.07, 6.45) is 3.57. The first-order chi connectivity index (χ1) is 11.5. The lowest BCUT2D eigenvalue weighted by molar-refractivity contribution is 0.175. The summed E-state index contributed by atoms with van der Waals surface area (Å²) in [5, 5.41) is 0.456. The predicted molar refractivity (Wildman–Crippen MR) is 95.1 cm³/mol. The van der Waals surface area contributed by atoms with Gasteiger partial charge in [-0.2, -0.15) is 4.98 Å². The van der Waals surface area contributed by atoms with E-state index >= 15 is 0 Å². The molecular formula is C17H21N3O3S. The number of hydrogen-bond acceptors (Lipinski definition) is 5. The van der Waals surface area contributed by atoms with Crippen molar-refractivity contribution in [1.29, 1.82) is 0 Å². The van der Waals surface area contributed by atoms with Crippen LogP contribution in [0.5, 0.6) is 5.75 Å². The van der Waals surface area contributed by atoms with Crippen LogP contribution in [0.15, 0.2) is 40.2 Å². The van der Waals surface area contributed by atoms with Crippen molar-refractivity contribution in [2.75, 3.05) is 20.0 Å². The molecule has 0 saturated carbocycles. The maximum atomic E-state index is 12.8. The molecule has 2 aromatic rings. The third-order valence-electron chi connectivity index (χ3n) is 4.37. The minimum absolute atomic E-state index is 0.138. The molecule has 0 spiro atoms. The second kappa shape index (κ2) is 6.49. The molecule has 2 unspecified atom stereocenters. The van der Waals surface area contributed by atoms with Crippen LogP contribution in [-0.2, 0) is 15.9 Å². The molecule has 2 heterocycles. The molecule has 7 heteroatoms. The standard InChI is InChI=1S/C17H21N3O3S/c1-17(2)14(18-8-7-15(17)23-4)10-24(21)16-19-12-6-5-11(22-3)9-13(12)20-16/h5-9,14H,10H2,1-4H3,(H,19,20). The van der Waals surface area contributed by atoms with E-state index in [1.54, 1.807) is 20.4 Å². The fourth-order valence-electron chi connectivity index (χ4n) is 2.78. The highest BCUT2D eigenvalue weighted by Gasteiger charge is 2.39. The lowest BCUT2D eigenvalue weighted by atomic mass is 9.82. The Balaban J connectivity index is 1.81. The smallest absolute Gasteiger partial charge is 0.321 e. The number of methoxy groups -OCH3 is 2. The number of fused-ring (bicyclic) bond motifs is 1. The van der Waals surface area contributed by atoms with E-state index < -0.39 is 11.2 Å². The zero-order valence-corrected chi connectivity index (χ0v) is 15.0. The molecule has 1 aliphatic rings. The van der Waals surface area contributed by atoms with Crippen LogP contribution in [0.2, 0.25) is 0 Å². The average Bonchev–Trinajstić information content (AvgIpc) is 2.99. The number of nitrogens with one attached hydrogen (secondary N) is 1. The summed E-state index contributed by atoms with van der Waals surface area (Å²) in [6, 6.07) is 5.40. The summed E-state index contributed by atoms with van der Waals surface area (Å²) in [7, 11) is 3.25. The van der Waals surface area contributed by atoms with E-state index in [1.807, 2.05) is 38.1 Å². The molecule has 3 rings (SSSR count). The zero-order chi connectivity index (χ0) is 17.3. The van der Waals surface area contributed by atoms with E-state index in [0.29, 0.717) is 10.9 Å². The maximum Gasteiger partial charge on any atom is 0.321 e. The largest absolute Gasteiger partial charge is 0.609 e. The number of H-pyrrole nitrogens is 1. The van der Waals surface area contributed by atoms with E-state index in [1.165, 1.54) is 0 Å². The number of allylic oxidation sites excluding steroid dienone is 1. The Morgan fingerprint density at radius 2 is 2.08 bits per heavy atom. The van der Waals surface area contributed by atoms with Gasteiger partial charge < -0.3 is 14.0 Å². The number of dihydropyridines is 1. The van der Waals surface area contributed by atoms with Crippen LogP contribution in [0.25, 0.3) is 11.0 Å². The normalized spacial score (nSPS) is 20.7. The molecule has 0 saturated heterocycles. The lowest BCUT2D eigenvalue weighted by Gasteiger charge is -2.34. The first kappa shape index (κ1) is 16.9. The molecule has 0 fully saturated rings. The summed E-state index contributed by atoms with van der Waals surface area (Å²) in [5.41, 5.74) is 1.26. The summed E-state index contributed by atoms with van der Waals surface area (Å²) in [4.78, 5) is 12.1. The van der Waals surface area contributed by atoms with Crippen molar-refractivity contribution >= 4 is 28.4 Å². The molecule has 0 radical (unpaired) electrons. The van der Waals surface area contributed by atoms with E-state index in [0.717, 1.165) is 22.5 Å². The number of aromatic amines is 1. The van der Waals surface area contributed by atoms with E-state index in [4.69, 9.17) is 9.47 Å². The van der Waals surface area contributed by atoms with Crippen LogP contribution in [0, 0.1) is 5.41 Å². The molecule has 1 aliphatic heterocycles. The SMILES string of the molecule is COC1=CC=NC(C[S+]([O-])c2nc3cc(OC)ccc3[nH]2)C1(C)C. The molecule has 1 aromatic carbocycles. The number of aliphatic imine (C=N–C) groups is 1. The number of ether oxygens (including phenoxy) is 2. The van der Waals surface area contributed by atoms with Gasteiger partial charge in [0.05, 0.1) is 25.3 Å². The number of benzene rings is 1. The summed E-state index contributed by atoms with van der Waals surface area (Å²) in [5.74, 6) is 1.94. The van der Waals surface area contributed by atoms with Crippen molar-refractivity contribution < 1.29 is 14.0 Å². The first-order valence-corrected chi connectivity index (χ1v) is 8.97. The summed E-state index contributed by atoms with van der Waals surface area (Å²) in [6.45, 7) is 4.09. The van der Waals surface area contributed by atoms with Gasteiger partial charge in [0.1, 0.15) is 23.3 Å². The molecule has 24 heavy (non-hydrogen) atoms. The van der Waals surface area contributed by atoms with Crippen LogP contribution >= 0.6 is 0 Å². The van der Waals surface area contributed by atoms with Gasteiger partial charge in [0.2, 0.25) is 0 Å². The molecule has 6 nitrogen and oxygen atoms in total. The Morgan fingerprint density at radius 1 is 1.29 bits per heavy atom. The maximum absolute atomic E-state index is 12.8. The fraction of sp³-hybridized carbons (Fsp3) is 0.412. The van der Waals surface area contributed by atoms with Crippen LogP contribution in [0.3, 0.4) is 0 Å². The quantitative estimate of drug-likeness (QED) is 0.843. The van der Waals surface area contributed by atoms with Crippen LogP contribution in [0.1, 0.15) is 13.8 Å². The van der Waals surface area contributed by atoms with Crippen molar-refractivity contribution in [2.24, 2.45) is 10.4 Å². The van der Waals surface area contributed by atoms with Gasteiger partial charge in [-0.1, -0.05) is 13.8 Å². The summed E-state index contributed by atoms with van der Waals surface area (Å²) < 4.78 is 23.4. The lowest BCUT2D eigenvalue weighted by Crippen LogP contribution is -2.38. The third-order valence-corrected chi connectivity index (χ3v) is 5.62. The Morgan fingerprint density at radius 3 is 2.79 bits per heavy atom. The van der Waals surface area contributed by atoms with Crippen LogP contribution < -0.4 is 4.74 Å². The number of hydrogen-bond donors (Lipinski definition) is 1. The third kappa shape index (κ3) is 3.01. The molecule has 1 N–H and O–H groups in total. The number of rotatable bonds is 5. The van der Waals surface area contributed by atoms with Crippen LogP contribution in [-0.4, -0.2) is 46.7 Å². The van der Waals surface area contributed by atoms with Gasteiger partial charge in [0.25, 0.3) is 0 Å². The Kier molecular flexibility index (Phi) is 4.56. The zero-order valence-electron chi connectivity index (χ0n) is 14.2. The minimum atomic E-state index is -1.29. The van der Waals surface area contributed by atoms with Crippen LogP contribution in [0.4, 0.5) is 0 Å². The Bertz CT molecular complexity index is 797. The fourth-order valence-corrected chi connectivity index (χ4v) is 4.15. The Hall–Kier alpha value is -1.99. The van der Waals surface area contributed by atoms with Gasteiger partial charge in [0, 0.05) is 28.9 Å². The van der Waals surface area contributed by atoms with Crippen molar-refractivity contribution in [3.63, 3.8) is 0 Å². The van der Waals surface area contributed by atoms with Gasteiger partial charge in [-0.15, -0.1) is 0 Å². The van der Waals surface area contributed by atoms with Gasteiger partial charge in [0.15, 0.2) is 0 Å². The molecule has 0 aliphatic carbocycles. The number of aromatic nitrogens is 2. The molecule has 0 amide bonds. The molecule has 128 valence electrons. The van der Waals surface area contributed by atoms with Gasteiger partial charge in [-0.25, -0.2) is 0 Å². The van der Waals surface area contributed by atoms with Crippen molar-refractivity contribution in [2.45, 2.75) is 25.0 Å². The van der Waals surface area contributed by atoms with Gasteiger partial charge in [-0.3, -0.25) is 9.98 Å². The van der Waals surface area contributed by atoms with E-state index in [9.17, 15) is 4.55 Å². The highest BCUT2D eigenvalue weighted by atomic mass is 32.2. The van der Waals surface area contributed by atoms with Gasteiger partial charge >= 0.3 is 5.16 Å². The van der Waals surface area contributed by atoms with E-state index in [2.05, 4.69) is 15.0 Å².